The van der Waals surface area contributed by atoms with Gasteiger partial charge >= 0.3 is 0 Å². The molecule has 2 nitrogen and oxygen atoms in total. The molecule has 0 fully saturated rings. The Balaban J connectivity index is 1.88. The smallest absolute Gasteiger partial charge is 0.0398 e. The van der Waals surface area contributed by atoms with E-state index in [0.29, 0.717) is 0 Å². The van der Waals surface area contributed by atoms with Crippen molar-refractivity contribution in [2.24, 2.45) is 5.92 Å². The molecule has 18 heavy (non-hydrogen) atoms. The van der Waals surface area contributed by atoms with E-state index < -0.39 is 0 Å². The number of unbranched alkanes of at least 4 members (excludes halogenated alkanes) is 2. The molecule has 0 radical (unpaired) electrons. The van der Waals surface area contributed by atoms with Crippen molar-refractivity contribution in [3.63, 3.8) is 0 Å². The number of benzene rings is 1. The first-order valence-corrected chi connectivity index (χ1v) is 7.28. The maximum absolute atomic E-state index is 3.22. The predicted octanol–water partition coefficient (Wildman–Crippen LogP) is 3.07. The van der Waals surface area contributed by atoms with Crippen molar-refractivity contribution >= 4 is 5.69 Å². The molecule has 0 amide bonds. The van der Waals surface area contributed by atoms with Crippen LogP contribution in [0.5, 0.6) is 0 Å². The lowest BCUT2D eigenvalue weighted by atomic mass is 9.94. The number of para-hydroxylation sites is 1. The summed E-state index contributed by atoms with van der Waals surface area (Å²) in [4.78, 5) is 2.59. The lowest BCUT2D eigenvalue weighted by Crippen LogP contribution is -2.35. The molecule has 0 bridgehead atoms. The summed E-state index contributed by atoms with van der Waals surface area (Å²) in [5.41, 5.74) is 3.01. The highest BCUT2D eigenvalue weighted by atomic mass is 15.1. The number of fused-ring (bicyclic) bond motifs is 1. The lowest BCUT2D eigenvalue weighted by Gasteiger charge is -2.35. The molecule has 1 aliphatic rings. The first kappa shape index (κ1) is 13.4. The molecule has 2 heteroatoms. The van der Waals surface area contributed by atoms with E-state index in [2.05, 4.69) is 41.4 Å². The third kappa shape index (κ3) is 3.49. The van der Waals surface area contributed by atoms with Gasteiger partial charge in [-0.25, -0.2) is 0 Å². The van der Waals surface area contributed by atoms with E-state index in [0.717, 1.165) is 12.5 Å². The van der Waals surface area contributed by atoms with E-state index in [4.69, 9.17) is 0 Å². The minimum atomic E-state index is 0.789. The van der Waals surface area contributed by atoms with Crippen molar-refractivity contribution in [1.29, 1.82) is 0 Å². The van der Waals surface area contributed by atoms with Crippen molar-refractivity contribution in [3.05, 3.63) is 29.8 Å². The SMILES string of the molecule is CNCCCCCN1CC(C)Cc2ccccc21. The van der Waals surface area contributed by atoms with E-state index in [1.54, 1.807) is 0 Å². The van der Waals surface area contributed by atoms with Crippen LogP contribution in [0.1, 0.15) is 31.7 Å². The summed E-state index contributed by atoms with van der Waals surface area (Å²) in [7, 11) is 2.03. The number of hydrogen-bond donors (Lipinski definition) is 1. The molecule has 0 aromatic heterocycles. The van der Waals surface area contributed by atoms with Crippen molar-refractivity contribution in [3.8, 4) is 0 Å². The lowest BCUT2D eigenvalue weighted by molar-refractivity contribution is 0.518. The predicted molar refractivity (Wildman–Crippen MR) is 79.3 cm³/mol. The molecule has 1 aromatic carbocycles. The maximum Gasteiger partial charge on any atom is 0.0398 e. The minimum absolute atomic E-state index is 0.789. The average molecular weight is 246 g/mol. The van der Waals surface area contributed by atoms with Gasteiger partial charge in [0.2, 0.25) is 0 Å². The summed E-state index contributed by atoms with van der Waals surface area (Å²) >= 11 is 0. The normalized spacial score (nSPS) is 18.8. The molecule has 0 saturated carbocycles. The Morgan fingerprint density at radius 2 is 2.06 bits per heavy atom. The van der Waals surface area contributed by atoms with Crippen LogP contribution in [-0.2, 0) is 6.42 Å². The monoisotopic (exact) mass is 246 g/mol. The van der Waals surface area contributed by atoms with Gasteiger partial charge in [0.15, 0.2) is 0 Å². The summed E-state index contributed by atoms with van der Waals surface area (Å²) in [6.07, 6.45) is 5.17. The Labute approximate surface area is 111 Å². The summed E-state index contributed by atoms with van der Waals surface area (Å²) in [5, 5.41) is 3.22. The molecular formula is C16H26N2. The highest BCUT2D eigenvalue weighted by Crippen LogP contribution is 2.29. The molecular weight excluding hydrogens is 220 g/mol. The van der Waals surface area contributed by atoms with Crippen molar-refractivity contribution in [2.75, 3.05) is 31.6 Å². The number of nitrogens with one attached hydrogen (secondary N) is 1. The van der Waals surface area contributed by atoms with Gasteiger partial charge < -0.3 is 10.2 Å². The van der Waals surface area contributed by atoms with Gasteiger partial charge in [0.25, 0.3) is 0 Å². The Morgan fingerprint density at radius 3 is 2.89 bits per heavy atom. The Kier molecular flexibility index (Phi) is 5.06. The zero-order chi connectivity index (χ0) is 12.8. The molecule has 1 aromatic rings. The fourth-order valence-electron chi connectivity index (χ4n) is 2.90. The Hall–Kier alpha value is -1.02. The van der Waals surface area contributed by atoms with Crippen molar-refractivity contribution in [1.82, 2.24) is 5.32 Å². The first-order chi connectivity index (χ1) is 8.81. The summed E-state index contributed by atoms with van der Waals surface area (Å²) in [6.45, 7) is 5.95. The van der Waals surface area contributed by atoms with Crippen LogP contribution in [0.25, 0.3) is 0 Å². The van der Waals surface area contributed by atoms with Crippen LogP contribution < -0.4 is 10.2 Å². The molecule has 1 N–H and O–H groups in total. The zero-order valence-corrected chi connectivity index (χ0v) is 11.8. The van der Waals surface area contributed by atoms with E-state index in [1.807, 2.05) is 7.05 Å². The van der Waals surface area contributed by atoms with Crippen molar-refractivity contribution in [2.45, 2.75) is 32.6 Å². The average Bonchev–Trinajstić information content (AvgIpc) is 2.38. The summed E-state index contributed by atoms with van der Waals surface area (Å²) in [5.74, 6) is 0.789. The fraction of sp³-hybridized carbons (Fsp3) is 0.625. The molecule has 2 rings (SSSR count). The fourth-order valence-corrected chi connectivity index (χ4v) is 2.90. The molecule has 100 valence electrons. The van der Waals surface area contributed by atoms with E-state index in [1.165, 1.54) is 50.0 Å². The van der Waals surface area contributed by atoms with Gasteiger partial charge in [-0.05, 0) is 50.4 Å². The van der Waals surface area contributed by atoms with Gasteiger partial charge in [0, 0.05) is 18.8 Å². The quantitative estimate of drug-likeness (QED) is 0.776. The largest absolute Gasteiger partial charge is 0.371 e. The van der Waals surface area contributed by atoms with Crippen LogP contribution in [0.3, 0.4) is 0 Å². The molecule has 0 spiro atoms. The van der Waals surface area contributed by atoms with Gasteiger partial charge in [-0.2, -0.15) is 0 Å². The van der Waals surface area contributed by atoms with Crippen LogP contribution in [0.15, 0.2) is 24.3 Å². The van der Waals surface area contributed by atoms with Gasteiger partial charge in [-0.3, -0.25) is 0 Å². The van der Waals surface area contributed by atoms with Gasteiger partial charge in [-0.1, -0.05) is 31.5 Å². The highest BCUT2D eigenvalue weighted by molar-refractivity contribution is 5.55. The van der Waals surface area contributed by atoms with E-state index in [-0.39, 0.29) is 0 Å². The molecule has 1 unspecified atom stereocenters. The molecule has 1 atom stereocenters. The van der Waals surface area contributed by atoms with Gasteiger partial charge in [-0.15, -0.1) is 0 Å². The van der Waals surface area contributed by atoms with Crippen LogP contribution in [-0.4, -0.2) is 26.7 Å². The topological polar surface area (TPSA) is 15.3 Å². The van der Waals surface area contributed by atoms with Crippen molar-refractivity contribution < 1.29 is 0 Å². The standard InChI is InChI=1S/C16H26N2/c1-14-12-15-8-4-5-9-16(15)18(13-14)11-7-3-6-10-17-2/h4-5,8-9,14,17H,3,6-7,10-13H2,1-2H3. The third-order valence-electron chi connectivity index (χ3n) is 3.79. The number of hydrogen-bond acceptors (Lipinski definition) is 2. The van der Waals surface area contributed by atoms with Crippen LogP contribution in [0.4, 0.5) is 5.69 Å². The number of rotatable bonds is 6. The van der Waals surface area contributed by atoms with E-state index in [9.17, 15) is 0 Å². The summed E-state index contributed by atoms with van der Waals surface area (Å²) in [6, 6.07) is 8.92. The third-order valence-corrected chi connectivity index (χ3v) is 3.79. The number of anilines is 1. The molecule has 1 heterocycles. The van der Waals surface area contributed by atoms with Crippen LogP contribution >= 0.6 is 0 Å². The second kappa shape index (κ2) is 6.79. The minimum Gasteiger partial charge on any atom is -0.371 e. The van der Waals surface area contributed by atoms with Crippen LogP contribution in [0, 0.1) is 5.92 Å². The molecule has 1 aliphatic heterocycles. The Bertz CT molecular complexity index is 362. The molecule has 0 aliphatic carbocycles. The first-order valence-electron chi connectivity index (χ1n) is 7.28. The zero-order valence-electron chi connectivity index (χ0n) is 11.8. The van der Waals surface area contributed by atoms with Gasteiger partial charge in [0.05, 0.1) is 0 Å². The second-order valence-corrected chi connectivity index (χ2v) is 5.55. The number of nitrogens with zero attached hydrogens (tertiary/aromatic N) is 1. The Morgan fingerprint density at radius 1 is 1.22 bits per heavy atom. The molecule has 0 saturated heterocycles. The van der Waals surface area contributed by atoms with Crippen LogP contribution in [0.2, 0.25) is 0 Å². The second-order valence-electron chi connectivity index (χ2n) is 5.55. The van der Waals surface area contributed by atoms with E-state index >= 15 is 0 Å². The maximum atomic E-state index is 3.22. The highest BCUT2D eigenvalue weighted by Gasteiger charge is 2.20. The van der Waals surface area contributed by atoms with Gasteiger partial charge in [0.1, 0.15) is 0 Å². The summed E-state index contributed by atoms with van der Waals surface area (Å²) < 4.78 is 0.